The second-order valence-electron chi connectivity index (χ2n) is 14.4. The Morgan fingerprint density at radius 3 is 1.71 bits per heavy atom. The Kier molecular flexibility index (Phi) is 31.2. The van der Waals surface area contributed by atoms with Gasteiger partial charge in [-0.05, 0) is 57.8 Å². The van der Waals surface area contributed by atoms with Gasteiger partial charge >= 0.3 is 0 Å². The molecule has 9 nitrogen and oxygen atoms in total. The van der Waals surface area contributed by atoms with Crippen LogP contribution in [0.1, 0.15) is 162 Å². The summed E-state index contributed by atoms with van der Waals surface area (Å²) in [6.45, 7) is 3.69. The molecule has 7 unspecified atom stereocenters. The van der Waals surface area contributed by atoms with Gasteiger partial charge in [-0.1, -0.05) is 146 Å². The summed E-state index contributed by atoms with van der Waals surface area (Å²) in [7, 11) is 0. The van der Waals surface area contributed by atoms with Crippen LogP contribution in [0.4, 0.5) is 0 Å². The first-order valence-electron chi connectivity index (χ1n) is 20.9. The molecule has 1 aliphatic rings. The number of aliphatic hydroxyl groups excluding tert-OH is 5. The number of nitrogens with one attached hydrogen (secondary N) is 1. The molecular formula is C43H77NO8. The first-order valence-corrected chi connectivity index (χ1v) is 20.9. The fraction of sp³-hybridized carbons (Fsp3) is 0.791. The number of carbonyl (C=O) groups is 1. The Morgan fingerprint density at radius 2 is 1.13 bits per heavy atom. The van der Waals surface area contributed by atoms with Crippen LogP contribution in [0, 0.1) is 0 Å². The zero-order chi connectivity index (χ0) is 38.1. The Bertz CT molecular complexity index is 951. The molecule has 1 heterocycles. The van der Waals surface area contributed by atoms with E-state index in [-0.39, 0.29) is 12.5 Å². The third kappa shape index (κ3) is 24.5. The summed E-state index contributed by atoms with van der Waals surface area (Å²) in [5.74, 6) is -0.194. The standard InChI is InChI=1S/C43H77NO8/c1-3-5-7-9-11-13-15-16-17-18-19-20-21-22-23-25-27-29-31-33-39(47)44-36(35-51-43-42(50)41(49)40(48)38(34-45)52-43)37(46)32-30-28-26-24-14-12-10-8-6-4-2/h11,13,16-17,19-20,30,32,36-38,40-43,45-46,48-50H,3-10,12,14-15,18,21-29,31,33-35H2,1-2H3,(H,44,47)/b13-11-,17-16-,20-19-,32-30+. The zero-order valence-electron chi connectivity index (χ0n) is 32.8. The van der Waals surface area contributed by atoms with E-state index in [1.54, 1.807) is 6.08 Å². The molecular weight excluding hydrogens is 658 g/mol. The maximum absolute atomic E-state index is 12.9. The number of unbranched alkanes of at least 4 members (excludes halogenated alkanes) is 17. The third-order valence-electron chi connectivity index (χ3n) is 9.65. The van der Waals surface area contributed by atoms with Gasteiger partial charge in [0.15, 0.2) is 6.29 Å². The Balaban J connectivity index is 2.38. The number of aliphatic hydroxyl groups is 5. The quantitative estimate of drug-likeness (QED) is 0.0295. The van der Waals surface area contributed by atoms with E-state index < -0.39 is 49.5 Å². The highest BCUT2D eigenvalue weighted by molar-refractivity contribution is 5.76. The number of rotatable bonds is 33. The predicted octanol–water partition coefficient (Wildman–Crippen LogP) is 7.89. The van der Waals surface area contributed by atoms with Crippen LogP contribution in [0.5, 0.6) is 0 Å². The molecule has 0 radical (unpaired) electrons. The largest absolute Gasteiger partial charge is 0.394 e. The Morgan fingerprint density at radius 1 is 0.654 bits per heavy atom. The van der Waals surface area contributed by atoms with Crippen molar-refractivity contribution in [1.82, 2.24) is 5.32 Å². The van der Waals surface area contributed by atoms with Crippen molar-refractivity contribution in [1.29, 1.82) is 0 Å². The zero-order valence-corrected chi connectivity index (χ0v) is 32.8. The number of ether oxygens (including phenoxy) is 2. The van der Waals surface area contributed by atoms with E-state index in [9.17, 15) is 30.3 Å². The lowest BCUT2D eigenvalue weighted by Gasteiger charge is -2.40. The molecule has 302 valence electrons. The van der Waals surface area contributed by atoms with Crippen molar-refractivity contribution in [2.75, 3.05) is 13.2 Å². The Hall–Kier alpha value is -1.85. The summed E-state index contributed by atoms with van der Waals surface area (Å²) in [6, 6.07) is -0.810. The van der Waals surface area contributed by atoms with Crippen LogP contribution < -0.4 is 5.32 Å². The summed E-state index contributed by atoms with van der Waals surface area (Å²) >= 11 is 0. The van der Waals surface area contributed by atoms with Gasteiger partial charge in [-0.3, -0.25) is 4.79 Å². The lowest BCUT2D eigenvalue weighted by molar-refractivity contribution is -0.302. The average molecular weight is 736 g/mol. The second-order valence-corrected chi connectivity index (χ2v) is 14.4. The van der Waals surface area contributed by atoms with Crippen molar-refractivity contribution in [3.05, 3.63) is 48.6 Å². The highest BCUT2D eigenvalue weighted by atomic mass is 16.7. The number of hydrogen-bond acceptors (Lipinski definition) is 8. The lowest BCUT2D eigenvalue weighted by atomic mass is 9.99. The number of amides is 1. The molecule has 7 atom stereocenters. The normalized spacial score (nSPS) is 22.3. The van der Waals surface area contributed by atoms with Crippen LogP contribution in [0.25, 0.3) is 0 Å². The van der Waals surface area contributed by atoms with Crippen molar-refractivity contribution >= 4 is 5.91 Å². The molecule has 0 saturated carbocycles. The van der Waals surface area contributed by atoms with Crippen LogP contribution >= 0.6 is 0 Å². The molecule has 1 saturated heterocycles. The van der Waals surface area contributed by atoms with Gasteiger partial charge in [0.25, 0.3) is 0 Å². The first-order chi connectivity index (χ1) is 25.3. The van der Waals surface area contributed by atoms with E-state index >= 15 is 0 Å². The third-order valence-corrected chi connectivity index (χ3v) is 9.65. The fourth-order valence-corrected chi connectivity index (χ4v) is 6.22. The van der Waals surface area contributed by atoms with Crippen molar-refractivity contribution < 1.29 is 39.8 Å². The summed E-state index contributed by atoms with van der Waals surface area (Å²) in [6.07, 6.45) is 34.4. The second kappa shape index (κ2) is 33.7. The number of carbonyl (C=O) groups excluding carboxylic acids is 1. The summed E-state index contributed by atoms with van der Waals surface area (Å²) in [5, 5.41) is 53.9. The van der Waals surface area contributed by atoms with Crippen LogP contribution in [-0.2, 0) is 14.3 Å². The predicted molar refractivity (Wildman–Crippen MR) is 212 cm³/mol. The van der Waals surface area contributed by atoms with Gasteiger partial charge in [-0.25, -0.2) is 0 Å². The molecule has 6 N–H and O–H groups in total. The summed E-state index contributed by atoms with van der Waals surface area (Å²) in [4.78, 5) is 12.9. The topological polar surface area (TPSA) is 149 Å². The fourth-order valence-electron chi connectivity index (χ4n) is 6.22. The molecule has 1 fully saturated rings. The van der Waals surface area contributed by atoms with Gasteiger partial charge in [-0.2, -0.15) is 0 Å². The van der Waals surface area contributed by atoms with Crippen molar-refractivity contribution in [2.24, 2.45) is 0 Å². The van der Waals surface area contributed by atoms with Crippen LogP contribution in [0.15, 0.2) is 48.6 Å². The minimum Gasteiger partial charge on any atom is -0.394 e. The van der Waals surface area contributed by atoms with Crippen molar-refractivity contribution in [3.63, 3.8) is 0 Å². The van der Waals surface area contributed by atoms with E-state index in [2.05, 4.69) is 55.6 Å². The smallest absolute Gasteiger partial charge is 0.220 e. The first kappa shape index (κ1) is 48.2. The monoisotopic (exact) mass is 736 g/mol. The lowest BCUT2D eigenvalue weighted by Crippen LogP contribution is -2.60. The molecule has 52 heavy (non-hydrogen) atoms. The minimum atomic E-state index is -1.57. The van der Waals surface area contributed by atoms with Gasteiger partial charge in [0.2, 0.25) is 5.91 Å². The maximum atomic E-state index is 12.9. The molecule has 0 bridgehead atoms. The molecule has 0 aromatic carbocycles. The van der Waals surface area contributed by atoms with Crippen molar-refractivity contribution in [3.8, 4) is 0 Å². The van der Waals surface area contributed by atoms with Crippen LogP contribution in [0.3, 0.4) is 0 Å². The van der Waals surface area contributed by atoms with Gasteiger partial charge in [0.1, 0.15) is 24.4 Å². The minimum absolute atomic E-state index is 0.194. The summed E-state index contributed by atoms with van der Waals surface area (Å²) < 4.78 is 11.2. The van der Waals surface area contributed by atoms with Crippen LogP contribution in [-0.4, -0.2) is 87.5 Å². The van der Waals surface area contributed by atoms with E-state index in [1.807, 2.05) is 6.08 Å². The Labute approximate surface area is 316 Å². The average Bonchev–Trinajstić information content (AvgIpc) is 3.14. The van der Waals surface area contributed by atoms with E-state index in [0.717, 1.165) is 64.2 Å². The SMILES string of the molecule is CCCCC/C=C\C/C=C\C/C=C\CCCCCCCCC(=O)NC(COC1OC(CO)C(O)C(O)C1O)C(O)/C=C/CCCCCCCCCC. The molecule has 9 heteroatoms. The number of allylic oxidation sites excluding steroid dienone is 7. The van der Waals surface area contributed by atoms with Gasteiger partial charge < -0.3 is 40.3 Å². The molecule has 0 spiro atoms. The molecule has 1 rings (SSSR count). The highest BCUT2D eigenvalue weighted by Crippen LogP contribution is 2.22. The molecule has 0 aromatic rings. The van der Waals surface area contributed by atoms with E-state index in [0.29, 0.717) is 6.42 Å². The van der Waals surface area contributed by atoms with Gasteiger partial charge in [-0.15, -0.1) is 0 Å². The maximum Gasteiger partial charge on any atom is 0.220 e. The summed E-state index contributed by atoms with van der Waals surface area (Å²) in [5.41, 5.74) is 0. The van der Waals surface area contributed by atoms with Gasteiger partial charge in [0.05, 0.1) is 25.4 Å². The highest BCUT2D eigenvalue weighted by Gasteiger charge is 2.44. The number of hydrogen-bond donors (Lipinski definition) is 6. The molecule has 0 aromatic heterocycles. The van der Waals surface area contributed by atoms with Gasteiger partial charge in [0, 0.05) is 6.42 Å². The molecule has 0 aliphatic carbocycles. The van der Waals surface area contributed by atoms with E-state index in [4.69, 9.17) is 9.47 Å². The van der Waals surface area contributed by atoms with Crippen molar-refractivity contribution in [2.45, 2.75) is 204 Å². The van der Waals surface area contributed by atoms with E-state index in [1.165, 1.54) is 77.0 Å². The molecule has 1 aliphatic heterocycles. The molecule has 1 amide bonds. The van der Waals surface area contributed by atoms with Crippen LogP contribution in [0.2, 0.25) is 0 Å².